The van der Waals surface area contributed by atoms with E-state index in [1.165, 1.54) is 30.0 Å². The number of aromatic nitrogens is 3. The third-order valence-corrected chi connectivity index (χ3v) is 5.75. The summed E-state index contributed by atoms with van der Waals surface area (Å²) < 4.78 is 16.3. The maximum absolute atomic E-state index is 14.7. The maximum atomic E-state index is 14.7. The van der Waals surface area contributed by atoms with Crippen molar-refractivity contribution in [3.63, 3.8) is 0 Å². The number of fused-ring (bicyclic) bond motifs is 1. The number of hydrogen-bond donors (Lipinski definition) is 2. The van der Waals surface area contributed by atoms with E-state index in [0.29, 0.717) is 16.5 Å². The van der Waals surface area contributed by atoms with Crippen LogP contribution in [0.25, 0.3) is 16.7 Å². The van der Waals surface area contributed by atoms with Gasteiger partial charge in [0.1, 0.15) is 0 Å². The van der Waals surface area contributed by atoms with E-state index in [1.807, 2.05) is 24.3 Å². The first kappa shape index (κ1) is 20.0. The van der Waals surface area contributed by atoms with Crippen molar-refractivity contribution in [3.8, 4) is 5.82 Å². The van der Waals surface area contributed by atoms with Crippen LogP contribution in [-0.4, -0.2) is 33.5 Å². The molecular formula is C24H23FN6O. The molecular weight excluding hydrogens is 407 g/mol. The van der Waals surface area contributed by atoms with Gasteiger partial charge in [-0.25, -0.2) is 9.37 Å². The van der Waals surface area contributed by atoms with Crippen LogP contribution in [0.5, 0.6) is 0 Å². The Bertz CT molecular complexity index is 1290. The SMILES string of the molecule is NC(=O)c1cn(-c2nc(Nc3cccc(N4CCCCC4)c3)ncc2F)c2ccccc12. The number of benzene rings is 2. The molecule has 0 atom stereocenters. The summed E-state index contributed by atoms with van der Waals surface area (Å²) >= 11 is 0. The molecule has 0 bridgehead atoms. The van der Waals surface area contributed by atoms with Gasteiger partial charge < -0.3 is 16.0 Å². The smallest absolute Gasteiger partial charge is 0.250 e. The molecule has 0 radical (unpaired) electrons. The Morgan fingerprint density at radius 3 is 2.69 bits per heavy atom. The van der Waals surface area contributed by atoms with Crippen LogP contribution in [0.15, 0.2) is 60.9 Å². The monoisotopic (exact) mass is 430 g/mol. The van der Waals surface area contributed by atoms with Crippen molar-refractivity contribution < 1.29 is 9.18 Å². The minimum Gasteiger partial charge on any atom is -0.371 e. The number of piperidine rings is 1. The standard InChI is InChI=1S/C24H23FN6O/c25-20-14-27-24(28-16-7-6-8-17(13-16)30-11-4-1-5-12-30)29-23(20)31-15-19(22(26)32)18-9-2-3-10-21(18)31/h2-3,6-10,13-15H,1,4-5,11-12H2,(H2,26,32)(H,27,28,29). The second-order valence-corrected chi connectivity index (χ2v) is 7.88. The van der Waals surface area contributed by atoms with E-state index in [0.717, 1.165) is 30.7 Å². The van der Waals surface area contributed by atoms with E-state index in [-0.39, 0.29) is 11.8 Å². The summed E-state index contributed by atoms with van der Waals surface area (Å²) in [6, 6.07) is 15.2. The summed E-state index contributed by atoms with van der Waals surface area (Å²) in [4.78, 5) is 22.8. The Morgan fingerprint density at radius 1 is 1.06 bits per heavy atom. The quantitative estimate of drug-likeness (QED) is 0.490. The minimum atomic E-state index is -0.602. The zero-order valence-corrected chi connectivity index (χ0v) is 17.5. The van der Waals surface area contributed by atoms with Crippen molar-refractivity contribution >= 4 is 34.1 Å². The van der Waals surface area contributed by atoms with Gasteiger partial charge in [-0.2, -0.15) is 4.98 Å². The number of nitrogens with two attached hydrogens (primary N) is 1. The molecule has 3 heterocycles. The van der Waals surface area contributed by atoms with E-state index in [4.69, 9.17) is 5.73 Å². The second-order valence-electron chi connectivity index (χ2n) is 7.88. The van der Waals surface area contributed by atoms with Gasteiger partial charge in [0.2, 0.25) is 5.95 Å². The number of nitrogens with one attached hydrogen (secondary N) is 1. The third-order valence-electron chi connectivity index (χ3n) is 5.75. The number of primary amides is 1. The summed E-state index contributed by atoms with van der Waals surface area (Å²) in [5.41, 5.74) is 8.42. The zero-order valence-electron chi connectivity index (χ0n) is 17.5. The van der Waals surface area contributed by atoms with Gasteiger partial charge in [0.15, 0.2) is 11.6 Å². The highest BCUT2D eigenvalue weighted by molar-refractivity contribution is 6.06. The Hall–Kier alpha value is -3.94. The minimum absolute atomic E-state index is 0.0402. The maximum Gasteiger partial charge on any atom is 0.250 e. The average molecular weight is 430 g/mol. The lowest BCUT2D eigenvalue weighted by molar-refractivity contribution is 0.100. The van der Waals surface area contributed by atoms with Crippen molar-refractivity contribution in [2.75, 3.05) is 23.3 Å². The normalized spacial score (nSPS) is 14.0. The van der Waals surface area contributed by atoms with Gasteiger partial charge in [0.05, 0.1) is 17.3 Å². The highest BCUT2D eigenvalue weighted by Gasteiger charge is 2.18. The molecule has 1 amide bonds. The van der Waals surface area contributed by atoms with Gasteiger partial charge in [-0.1, -0.05) is 24.3 Å². The molecule has 1 fully saturated rings. The Balaban J connectivity index is 1.49. The second kappa shape index (κ2) is 8.30. The Kier molecular flexibility index (Phi) is 5.18. The molecule has 3 N–H and O–H groups in total. The number of amides is 1. The molecule has 8 heteroatoms. The predicted octanol–water partition coefficient (Wildman–Crippen LogP) is 4.39. The molecule has 162 valence electrons. The highest BCUT2D eigenvalue weighted by atomic mass is 19.1. The van der Waals surface area contributed by atoms with Crippen LogP contribution in [0.1, 0.15) is 29.6 Å². The molecule has 7 nitrogen and oxygen atoms in total. The predicted molar refractivity (Wildman–Crippen MR) is 123 cm³/mol. The first-order chi connectivity index (χ1) is 15.6. The lowest BCUT2D eigenvalue weighted by Gasteiger charge is -2.29. The van der Waals surface area contributed by atoms with Crippen molar-refractivity contribution in [3.05, 3.63) is 72.3 Å². The van der Waals surface area contributed by atoms with Gasteiger partial charge >= 0.3 is 0 Å². The van der Waals surface area contributed by atoms with Crippen molar-refractivity contribution in [2.24, 2.45) is 5.73 Å². The molecule has 1 saturated heterocycles. The molecule has 1 aliphatic rings. The zero-order chi connectivity index (χ0) is 22.1. The summed E-state index contributed by atoms with van der Waals surface area (Å²) in [5.74, 6) is -0.884. The Morgan fingerprint density at radius 2 is 1.88 bits per heavy atom. The molecule has 2 aromatic heterocycles. The fraction of sp³-hybridized carbons (Fsp3) is 0.208. The number of rotatable bonds is 5. The molecule has 2 aromatic carbocycles. The van der Waals surface area contributed by atoms with Gasteiger partial charge in [-0.05, 0) is 43.5 Å². The fourth-order valence-corrected chi connectivity index (χ4v) is 4.20. The number of halogens is 1. The topological polar surface area (TPSA) is 89.1 Å². The first-order valence-corrected chi connectivity index (χ1v) is 10.6. The largest absolute Gasteiger partial charge is 0.371 e. The van der Waals surface area contributed by atoms with Crippen LogP contribution in [0.2, 0.25) is 0 Å². The van der Waals surface area contributed by atoms with Gasteiger partial charge in [-0.3, -0.25) is 9.36 Å². The number of carbonyl (C=O) groups is 1. The lowest BCUT2D eigenvalue weighted by atomic mass is 10.1. The van der Waals surface area contributed by atoms with E-state index in [2.05, 4.69) is 26.3 Å². The molecule has 0 unspecified atom stereocenters. The van der Waals surface area contributed by atoms with Gasteiger partial charge in [0.25, 0.3) is 5.91 Å². The summed E-state index contributed by atoms with van der Waals surface area (Å²) in [5, 5.41) is 3.82. The molecule has 0 spiro atoms. The van der Waals surface area contributed by atoms with Gasteiger partial charge in [0, 0.05) is 36.0 Å². The van der Waals surface area contributed by atoms with Crippen molar-refractivity contribution in [1.29, 1.82) is 0 Å². The first-order valence-electron chi connectivity index (χ1n) is 10.6. The van der Waals surface area contributed by atoms with E-state index >= 15 is 0 Å². The highest BCUT2D eigenvalue weighted by Crippen LogP contribution is 2.27. The molecule has 32 heavy (non-hydrogen) atoms. The van der Waals surface area contributed by atoms with Crippen LogP contribution in [0, 0.1) is 5.82 Å². The van der Waals surface area contributed by atoms with Gasteiger partial charge in [-0.15, -0.1) is 0 Å². The molecule has 0 saturated carbocycles. The van der Waals surface area contributed by atoms with E-state index < -0.39 is 11.7 Å². The number of hydrogen-bond acceptors (Lipinski definition) is 5. The van der Waals surface area contributed by atoms with Crippen LogP contribution >= 0.6 is 0 Å². The molecule has 5 rings (SSSR count). The van der Waals surface area contributed by atoms with Crippen LogP contribution in [0.3, 0.4) is 0 Å². The van der Waals surface area contributed by atoms with Crippen LogP contribution in [0.4, 0.5) is 21.7 Å². The summed E-state index contributed by atoms with van der Waals surface area (Å²) in [6.07, 6.45) is 6.30. The third kappa shape index (κ3) is 3.75. The average Bonchev–Trinajstić information content (AvgIpc) is 3.21. The summed E-state index contributed by atoms with van der Waals surface area (Å²) in [7, 11) is 0. The molecule has 0 aliphatic carbocycles. The van der Waals surface area contributed by atoms with Crippen molar-refractivity contribution in [1.82, 2.24) is 14.5 Å². The van der Waals surface area contributed by atoms with Crippen molar-refractivity contribution in [2.45, 2.75) is 19.3 Å². The summed E-state index contributed by atoms with van der Waals surface area (Å²) in [6.45, 7) is 2.09. The van der Waals surface area contributed by atoms with E-state index in [9.17, 15) is 9.18 Å². The fourth-order valence-electron chi connectivity index (χ4n) is 4.20. The number of anilines is 3. The van der Waals surface area contributed by atoms with E-state index in [1.54, 1.807) is 18.2 Å². The molecule has 4 aromatic rings. The number of nitrogens with zero attached hydrogens (tertiary/aromatic N) is 4. The van der Waals surface area contributed by atoms with Crippen LogP contribution in [-0.2, 0) is 0 Å². The van der Waals surface area contributed by atoms with Crippen LogP contribution < -0.4 is 16.0 Å². The lowest BCUT2D eigenvalue weighted by Crippen LogP contribution is -2.29. The Labute approximate surface area is 184 Å². The number of para-hydroxylation sites is 1. The number of carbonyl (C=O) groups excluding carboxylic acids is 1. The molecule has 1 aliphatic heterocycles.